The van der Waals surface area contributed by atoms with E-state index >= 15 is 0 Å². The molecule has 1 aliphatic heterocycles. The van der Waals surface area contributed by atoms with Crippen LogP contribution in [0.1, 0.15) is 20.8 Å². The first-order valence-corrected chi connectivity index (χ1v) is 11.2. The Hall–Kier alpha value is 0.442. The molecular formula is C13H26BFO3SSi. The number of rotatable bonds is 6. The Kier molecular flexibility index (Phi) is 6.60. The van der Waals surface area contributed by atoms with Crippen LogP contribution >= 0.6 is 11.8 Å². The molecule has 0 saturated carbocycles. The first-order chi connectivity index (χ1) is 9.10. The van der Waals surface area contributed by atoms with Gasteiger partial charge in [-0.1, -0.05) is 20.8 Å². The molecule has 0 aromatic carbocycles. The zero-order valence-corrected chi connectivity index (χ0v) is 15.1. The van der Waals surface area contributed by atoms with E-state index in [1.54, 1.807) is 0 Å². The van der Waals surface area contributed by atoms with Crippen LogP contribution in [-0.2, 0) is 13.9 Å². The van der Waals surface area contributed by atoms with Crippen molar-refractivity contribution in [3.05, 3.63) is 0 Å². The minimum atomic E-state index is -1.88. The van der Waals surface area contributed by atoms with Crippen LogP contribution in [-0.4, -0.2) is 59.3 Å². The lowest BCUT2D eigenvalue weighted by atomic mass is 9.94. The van der Waals surface area contributed by atoms with E-state index in [4.69, 9.17) is 21.7 Å². The van der Waals surface area contributed by atoms with Crippen LogP contribution in [0, 0.1) is 0 Å². The lowest BCUT2D eigenvalue weighted by Gasteiger charge is -2.37. The van der Waals surface area contributed by atoms with Crippen molar-refractivity contribution >= 4 is 27.9 Å². The van der Waals surface area contributed by atoms with Gasteiger partial charge < -0.3 is 13.9 Å². The Morgan fingerprint density at radius 3 is 2.45 bits per heavy atom. The average Bonchev–Trinajstić information content (AvgIpc) is 2.59. The molecule has 7 heteroatoms. The second kappa shape index (κ2) is 7.14. The van der Waals surface area contributed by atoms with E-state index < -0.39 is 32.7 Å². The minimum absolute atomic E-state index is 0.110. The van der Waals surface area contributed by atoms with Crippen molar-refractivity contribution in [3.63, 3.8) is 0 Å². The Balaban J connectivity index is 2.61. The molecule has 0 amide bonds. The first kappa shape index (κ1) is 18.5. The van der Waals surface area contributed by atoms with Crippen LogP contribution in [0.4, 0.5) is 4.39 Å². The second-order valence-electron chi connectivity index (χ2n) is 6.69. The van der Waals surface area contributed by atoms with Crippen LogP contribution < -0.4 is 0 Å². The largest absolute Gasteiger partial charge is 0.414 e. The van der Waals surface area contributed by atoms with Crippen LogP contribution in [0.3, 0.4) is 0 Å². The summed E-state index contributed by atoms with van der Waals surface area (Å²) in [4.78, 5) is 0. The second-order valence-corrected chi connectivity index (χ2v) is 12.3. The molecule has 0 bridgehead atoms. The lowest BCUT2D eigenvalue weighted by Crippen LogP contribution is -2.44. The van der Waals surface area contributed by atoms with Crippen molar-refractivity contribution in [2.24, 2.45) is 0 Å². The van der Waals surface area contributed by atoms with Crippen LogP contribution in [0.25, 0.3) is 0 Å². The first-order valence-electron chi connectivity index (χ1n) is 6.90. The third kappa shape index (κ3) is 4.47. The number of thioether (sulfide) groups is 1. The van der Waals surface area contributed by atoms with Crippen molar-refractivity contribution in [3.8, 4) is 0 Å². The molecule has 1 rings (SSSR count). The molecule has 0 aromatic heterocycles. The fraction of sp³-hybridized carbons (Fsp3) is 1.00. The molecule has 0 spiro atoms. The summed E-state index contributed by atoms with van der Waals surface area (Å²) in [5.41, 5.74) is 0. The molecule has 1 fully saturated rings. The maximum atomic E-state index is 14.0. The zero-order chi connectivity index (χ0) is 15.6. The van der Waals surface area contributed by atoms with E-state index in [1.165, 1.54) is 11.8 Å². The molecule has 4 atom stereocenters. The molecule has 2 radical (unpaired) electrons. The van der Waals surface area contributed by atoms with Gasteiger partial charge in [0.2, 0.25) is 0 Å². The van der Waals surface area contributed by atoms with Gasteiger partial charge in [0, 0.05) is 0 Å². The minimum Gasteiger partial charge on any atom is -0.414 e. The van der Waals surface area contributed by atoms with Gasteiger partial charge in [-0.05, 0) is 24.4 Å². The molecule has 0 aromatic rings. The van der Waals surface area contributed by atoms with Crippen molar-refractivity contribution in [2.45, 2.75) is 63.3 Å². The number of alkyl halides is 1. The predicted octanol–water partition coefficient (Wildman–Crippen LogP) is 2.95. The number of hydrogen-bond donors (Lipinski definition) is 0. The number of ether oxygens (including phenoxy) is 2. The molecule has 0 N–H and O–H groups in total. The van der Waals surface area contributed by atoms with Gasteiger partial charge in [0.05, 0.1) is 18.5 Å². The Morgan fingerprint density at radius 1 is 1.35 bits per heavy atom. The molecule has 20 heavy (non-hydrogen) atoms. The van der Waals surface area contributed by atoms with Gasteiger partial charge in [0.25, 0.3) is 0 Å². The molecule has 0 aliphatic carbocycles. The molecule has 1 saturated heterocycles. The van der Waals surface area contributed by atoms with Gasteiger partial charge >= 0.3 is 0 Å². The average molecular weight is 320 g/mol. The summed E-state index contributed by atoms with van der Waals surface area (Å²) in [7, 11) is 3.75. The highest BCUT2D eigenvalue weighted by molar-refractivity contribution is 7.98. The van der Waals surface area contributed by atoms with Gasteiger partial charge in [-0.3, -0.25) is 0 Å². The van der Waals surface area contributed by atoms with Crippen molar-refractivity contribution in [1.29, 1.82) is 0 Å². The van der Waals surface area contributed by atoms with E-state index in [2.05, 4.69) is 33.9 Å². The normalized spacial score (nSPS) is 31.8. The molecule has 1 unspecified atom stereocenters. The van der Waals surface area contributed by atoms with Crippen molar-refractivity contribution in [1.82, 2.24) is 0 Å². The van der Waals surface area contributed by atoms with Gasteiger partial charge in [0.1, 0.15) is 26.2 Å². The third-order valence-corrected chi connectivity index (χ3v) is 8.99. The molecular weight excluding hydrogens is 294 g/mol. The monoisotopic (exact) mass is 320 g/mol. The Morgan fingerprint density at radius 2 is 1.95 bits per heavy atom. The van der Waals surface area contributed by atoms with Gasteiger partial charge in [-0.25, -0.2) is 4.39 Å². The highest BCUT2D eigenvalue weighted by atomic mass is 32.2. The van der Waals surface area contributed by atoms with E-state index in [1.807, 2.05) is 6.26 Å². The maximum absolute atomic E-state index is 14.0. The highest BCUT2D eigenvalue weighted by Crippen LogP contribution is 2.37. The topological polar surface area (TPSA) is 27.7 Å². The Labute approximate surface area is 128 Å². The van der Waals surface area contributed by atoms with E-state index in [0.29, 0.717) is 12.5 Å². The van der Waals surface area contributed by atoms with Crippen LogP contribution in [0.2, 0.25) is 18.1 Å². The quantitative estimate of drug-likeness (QED) is 0.555. The Bertz CT molecular complexity index is 314. The molecule has 3 nitrogen and oxygen atoms in total. The fourth-order valence-corrected chi connectivity index (χ4v) is 3.04. The summed E-state index contributed by atoms with van der Waals surface area (Å²) in [6.45, 7) is 11.2. The SMILES string of the molecule is [B][C@@H]1O[C@H](CO[Si](C)(C)C(C)(C)C)C(OCSC)[C@@H]1F. The van der Waals surface area contributed by atoms with Crippen molar-refractivity contribution in [2.75, 3.05) is 18.8 Å². The van der Waals surface area contributed by atoms with E-state index in [9.17, 15) is 4.39 Å². The summed E-state index contributed by atoms with van der Waals surface area (Å²) in [6, 6.07) is -0.921. The van der Waals surface area contributed by atoms with Crippen LogP contribution in [0.15, 0.2) is 0 Å². The summed E-state index contributed by atoms with van der Waals surface area (Å²) >= 11 is 1.50. The fourth-order valence-electron chi connectivity index (χ4n) is 1.73. The summed E-state index contributed by atoms with van der Waals surface area (Å²) in [5.74, 6) is 0.428. The summed E-state index contributed by atoms with van der Waals surface area (Å²) in [5, 5.41) is 0.110. The lowest BCUT2D eigenvalue weighted by molar-refractivity contribution is -0.0267. The van der Waals surface area contributed by atoms with Gasteiger partial charge in [-0.2, -0.15) is 0 Å². The predicted molar refractivity (Wildman–Crippen MR) is 85.7 cm³/mol. The third-order valence-electron chi connectivity index (χ3n) is 4.12. The summed E-state index contributed by atoms with van der Waals surface area (Å²) in [6.07, 6.45) is -0.455. The molecule has 1 heterocycles. The van der Waals surface area contributed by atoms with E-state index in [0.717, 1.165) is 0 Å². The van der Waals surface area contributed by atoms with Gasteiger partial charge in [-0.15, -0.1) is 11.8 Å². The smallest absolute Gasteiger partial charge is 0.192 e. The highest BCUT2D eigenvalue weighted by Gasteiger charge is 2.45. The van der Waals surface area contributed by atoms with Crippen LogP contribution in [0.5, 0.6) is 0 Å². The maximum Gasteiger partial charge on any atom is 0.192 e. The zero-order valence-electron chi connectivity index (χ0n) is 13.3. The van der Waals surface area contributed by atoms with E-state index in [-0.39, 0.29) is 5.04 Å². The molecule has 116 valence electrons. The standard InChI is InChI=1S/C13H26BFO3SSi/c1-13(2,3)20(5,6)17-7-9-11(16-8-19-4)10(15)12(14)18-9/h9-12H,7-8H2,1-6H3/t9-,10+,11?,12-/m1/s1. The molecule has 1 aliphatic rings. The van der Waals surface area contributed by atoms with Gasteiger partial charge in [0.15, 0.2) is 8.32 Å². The van der Waals surface area contributed by atoms with Crippen molar-refractivity contribution < 1.29 is 18.3 Å². The summed E-state index contributed by atoms with van der Waals surface area (Å²) < 4.78 is 31.0. The number of halogens is 1. The number of hydrogen-bond acceptors (Lipinski definition) is 4.